The molecular weight excluding hydrogens is 411 g/mol. The molecule has 0 aromatic heterocycles. The smallest absolute Gasteiger partial charge is 0.324 e. The maximum atomic E-state index is 14.0. The Morgan fingerprint density at radius 2 is 1.80 bits per heavy atom. The van der Waals surface area contributed by atoms with Crippen LogP contribution in [0.3, 0.4) is 0 Å². The van der Waals surface area contributed by atoms with Gasteiger partial charge in [-0.15, -0.1) is 0 Å². The van der Waals surface area contributed by atoms with Gasteiger partial charge in [0.15, 0.2) is 6.61 Å². The summed E-state index contributed by atoms with van der Waals surface area (Å²) in [5, 5.41) is 2.70. The summed E-state index contributed by atoms with van der Waals surface area (Å²) in [5.74, 6) is -2.24. The monoisotopic (exact) mass is 434 g/mol. The van der Waals surface area contributed by atoms with Crippen molar-refractivity contribution in [1.29, 1.82) is 0 Å². The number of carbonyl (C=O) groups excluding carboxylic acids is 2. The van der Waals surface area contributed by atoms with E-state index in [4.69, 9.17) is 4.74 Å². The van der Waals surface area contributed by atoms with E-state index in [9.17, 15) is 22.4 Å². The molecule has 2 aromatic rings. The first-order valence-corrected chi connectivity index (χ1v) is 10.9. The molecule has 1 amide bonds. The lowest BCUT2D eigenvalue weighted by Gasteiger charge is -2.23. The molecule has 1 heterocycles. The van der Waals surface area contributed by atoms with Crippen molar-refractivity contribution in [1.82, 2.24) is 4.31 Å². The van der Waals surface area contributed by atoms with Crippen LogP contribution in [-0.4, -0.2) is 43.8 Å². The highest BCUT2D eigenvalue weighted by Crippen LogP contribution is 2.28. The molecule has 1 fully saturated rings. The number of benzene rings is 2. The molecule has 7 nitrogen and oxygen atoms in total. The topological polar surface area (TPSA) is 92.8 Å². The van der Waals surface area contributed by atoms with Crippen LogP contribution in [0.2, 0.25) is 0 Å². The number of rotatable bonds is 6. The van der Waals surface area contributed by atoms with Gasteiger partial charge >= 0.3 is 5.97 Å². The number of aryl methyl sites for hydroxylation is 2. The highest BCUT2D eigenvalue weighted by Gasteiger charge is 2.41. The Balaban J connectivity index is 1.66. The fourth-order valence-electron chi connectivity index (χ4n) is 3.46. The molecule has 1 saturated heterocycles. The number of esters is 1. The van der Waals surface area contributed by atoms with E-state index in [0.29, 0.717) is 12.1 Å². The molecule has 0 unspecified atom stereocenters. The summed E-state index contributed by atoms with van der Waals surface area (Å²) in [4.78, 5) is 24.2. The first-order chi connectivity index (χ1) is 14.2. The Morgan fingerprint density at radius 3 is 2.47 bits per heavy atom. The van der Waals surface area contributed by atoms with E-state index >= 15 is 0 Å². The van der Waals surface area contributed by atoms with Crippen molar-refractivity contribution in [3.63, 3.8) is 0 Å². The van der Waals surface area contributed by atoms with E-state index in [1.165, 1.54) is 12.1 Å². The number of ether oxygens (including phenoxy) is 1. The van der Waals surface area contributed by atoms with Gasteiger partial charge in [0.05, 0.1) is 0 Å². The fourth-order valence-corrected chi connectivity index (χ4v) is 5.18. The van der Waals surface area contributed by atoms with Gasteiger partial charge in [-0.2, -0.15) is 4.31 Å². The van der Waals surface area contributed by atoms with E-state index < -0.39 is 45.3 Å². The zero-order valence-corrected chi connectivity index (χ0v) is 17.5. The largest absolute Gasteiger partial charge is 0.454 e. The Hall–Kier alpha value is -2.78. The number of para-hydroxylation sites is 1. The van der Waals surface area contributed by atoms with E-state index in [1.54, 1.807) is 0 Å². The average Bonchev–Trinajstić information content (AvgIpc) is 3.20. The lowest BCUT2D eigenvalue weighted by Crippen LogP contribution is -2.42. The highest BCUT2D eigenvalue weighted by atomic mass is 32.2. The predicted molar refractivity (Wildman–Crippen MR) is 109 cm³/mol. The summed E-state index contributed by atoms with van der Waals surface area (Å²) in [6, 6.07) is 9.47. The second-order valence-electron chi connectivity index (χ2n) is 7.13. The van der Waals surface area contributed by atoms with Crippen LogP contribution in [0.1, 0.15) is 24.0 Å². The average molecular weight is 434 g/mol. The quantitative estimate of drug-likeness (QED) is 0.706. The number of carbonyl (C=O) groups is 2. The van der Waals surface area contributed by atoms with Crippen molar-refractivity contribution in [3.8, 4) is 0 Å². The van der Waals surface area contributed by atoms with Gasteiger partial charge in [0.25, 0.3) is 5.91 Å². The van der Waals surface area contributed by atoms with Gasteiger partial charge in [0.2, 0.25) is 10.0 Å². The molecule has 1 atom stereocenters. The third-order valence-electron chi connectivity index (χ3n) is 4.99. The predicted octanol–water partition coefficient (Wildman–Crippen LogP) is 2.78. The molecule has 1 aliphatic heterocycles. The normalized spacial score (nSPS) is 17.0. The molecular formula is C21H23FN2O5S. The van der Waals surface area contributed by atoms with Gasteiger partial charge in [0, 0.05) is 12.2 Å². The van der Waals surface area contributed by atoms with Gasteiger partial charge in [0.1, 0.15) is 16.8 Å². The number of amides is 1. The number of halogens is 1. The lowest BCUT2D eigenvalue weighted by atomic mass is 10.1. The number of sulfonamides is 1. The molecule has 0 aliphatic carbocycles. The first kappa shape index (κ1) is 21.9. The van der Waals surface area contributed by atoms with Crippen LogP contribution in [0.15, 0.2) is 47.4 Å². The number of anilines is 1. The second kappa shape index (κ2) is 8.93. The maximum Gasteiger partial charge on any atom is 0.324 e. The van der Waals surface area contributed by atoms with Gasteiger partial charge < -0.3 is 10.1 Å². The van der Waals surface area contributed by atoms with Gasteiger partial charge in [-0.25, -0.2) is 12.8 Å². The number of nitrogens with zero attached hydrogens (tertiary/aromatic N) is 1. The standard InChI is InChI=1S/C21H23FN2O5S/c1-14-7-5-8-15(2)20(14)23-19(25)13-29-21(26)17-10-6-12-24(17)30(27,28)18-11-4-3-9-16(18)22/h3-5,7-9,11,17H,6,10,12-13H2,1-2H3,(H,23,25)/t17-/m0/s1. The van der Waals surface area contributed by atoms with E-state index in [2.05, 4.69) is 5.32 Å². The van der Waals surface area contributed by atoms with Gasteiger partial charge in [-0.05, 0) is 49.9 Å². The Morgan fingerprint density at radius 1 is 1.13 bits per heavy atom. The minimum atomic E-state index is -4.20. The molecule has 0 saturated carbocycles. The van der Waals surface area contributed by atoms with E-state index in [0.717, 1.165) is 27.6 Å². The Bertz CT molecular complexity index is 1050. The third-order valence-corrected chi connectivity index (χ3v) is 6.93. The summed E-state index contributed by atoms with van der Waals surface area (Å²) in [6.45, 7) is 3.22. The van der Waals surface area contributed by atoms with E-state index in [-0.39, 0.29) is 13.0 Å². The van der Waals surface area contributed by atoms with Gasteiger partial charge in [-0.3, -0.25) is 9.59 Å². The summed E-state index contributed by atoms with van der Waals surface area (Å²) >= 11 is 0. The maximum absolute atomic E-state index is 14.0. The van der Waals surface area contributed by atoms with Crippen molar-refractivity contribution in [2.75, 3.05) is 18.5 Å². The summed E-state index contributed by atoms with van der Waals surface area (Å²) in [7, 11) is -4.20. The molecule has 0 spiro atoms. The van der Waals surface area contributed by atoms with Crippen molar-refractivity contribution >= 4 is 27.6 Å². The van der Waals surface area contributed by atoms with Crippen LogP contribution in [0, 0.1) is 19.7 Å². The molecule has 0 bridgehead atoms. The van der Waals surface area contributed by atoms with Crippen LogP contribution in [0.5, 0.6) is 0 Å². The molecule has 9 heteroatoms. The Kier molecular flexibility index (Phi) is 6.52. The highest BCUT2D eigenvalue weighted by molar-refractivity contribution is 7.89. The van der Waals surface area contributed by atoms with Crippen LogP contribution in [0.4, 0.5) is 10.1 Å². The molecule has 160 valence electrons. The van der Waals surface area contributed by atoms with E-state index in [1.807, 2.05) is 32.0 Å². The van der Waals surface area contributed by atoms with Crippen molar-refractivity contribution < 1.29 is 27.1 Å². The van der Waals surface area contributed by atoms with Crippen LogP contribution >= 0.6 is 0 Å². The first-order valence-electron chi connectivity index (χ1n) is 9.51. The lowest BCUT2D eigenvalue weighted by molar-refractivity contribution is -0.150. The van der Waals surface area contributed by atoms with Crippen LogP contribution in [-0.2, 0) is 24.3 Å². The number of nitrogens with one attached hydrogen (secondary N) is 1. The van der Waals surface area contributed by atoms with Crippen molar-refractivity contribution in [3.05, 3.63) is 59.4 Å². The molecule has 1 aliphatic rings. The Labute approximate surface area is 174 Å². The van der Waals surface area contributed by atoms with Crippen LogP contribution in [0.25, 0.3) is 0 Å². The summed E-state index contributed by atoms with van der Waals surface area (Å²) in [5.41, 5.74) is 2.38. The number of hydrogen-bond donors (Lipinski definition) is 1. The summed E-state index contributed by atoms with van der Waals surface area (Å²) in [6.07, 6.45) is 0.674. The van der Waals surface area contributed by atoms with Crippen LogP contribution < -0.4 is 5.32 Å². The zero-order chi connectivity index (χ0) is 21.9. The fraction of sp³-hybridized carbons (Fsp3) is 0.333. The zero-order valence-electron chi connectivity index (χ0n) is 16.7. The second-order valence-corrected chi connectivity index (χ2v) is 8.99. The minimum absolute atomic E-state index is 0.0744. The third kappa shape index (κ3) is 4.52. The molecule has 2 aromatic carbocycles. The molecule has 1 N–H and O–H groups in total. The molecule has 30 heavy (non-hydrogen) atoms. The van der Waals surface area contributed by atoms with Crippen molar-refractivity contribution in [2.45, 2.75) is 37.6 Å². The molecule has 0 radical (unpaired) electrons. The van der Waals surface area contributed by atoms with Crippen molar-refractivity contribution in [2.24, 2.45) is 0 Å². The molecule has 3 rings (SSSR count). The summed E-state index contributed by atoms with van der Waals surface area (Å²) < 4.78 is 45.7. The minimum Gasteiger partial charge on any atom is -0.454 e. The van der Waals surface area contributed by atoms with Gasteiger partial charge in [-0.1, -0.05) is 30.3 Å². The number of hydrogen-bond acceptors (Lipinski definition) is 5. The SMILES string of the molecule is Cc1cccc(C)c1NC(=O)COC(=O)[C@@H]1CCCN1S(=O)(=O)c1ccccc1F.